The van der Waals surface area contributed by atoms with Gasteiger partial charge in [-0.05, 0) is 24.1 Å². The lowest BCUT2D eigenvalue weighted by atomic mass is 9.89. The van der Waals surface area contributed by atoms with E-state index in [0.717, 1.165) is 16.9 Å². The van der Waals surface area contributed by atoms with Crippen LogP contribution in [0.5, 0.6) is 0 Å². The van der Waals surface area contributed by atoms with Crippen molar-refractivity contribution in [1.29, 1.82) is 0 Å². The maximum Gasteiger partial charge on any atom is 0.343 e. The van der Waals surface area contributed by atoms with Gasteiger partial charge in [-0.2, -0.15) is 0 Å². The lowest BCUT2D eigenvalue weighted by Crippen LogP contribution is -2.17. The van der Waals surface area contributed by atoms with Gasteiger partial charge in [0.2, 0.25) is 0 Å². The Morgan fingerprint density at radius 2 is 1.67 bits per heavy atom. The fraction of sp³-hybridized carbons (Fsp3) is 0.312. The van der Waals surface area contributed by atoms with Gasteiger partial charge < -0.3 is 4.42 Å². The van der Waals surface area contributed by atoms with Crippen molar-refractivity contribution in [3.05, 3.63) is 58.1 Å². The number of benzene rings is 1. The van der Waals surface area contributed by atoms with Crippen molar-refractivity contribution in [3.8, 4) is 11.1 Å². The lowest BCUT2D eigenvalue weighted by Gasteiger charge is -2.19. The zero-order valence-corrected chi connectivity index (χ0v) is 11.3. The first-order valence-corrected chi connectivity index (χ1v) is 6.10. The van der Waals surface area contributed by atoms with Crippen molar-refractivity contribution in [2.24, 2.45) is 0 Å². The standard InChI is InChI=1S/C16H18O2/c1-11-10-13(12-8-6-5-7-9-12)15(17)18-14(11)16(2,3)4/h5-10H,1-4H3. The van der Waals surface area contributed by atoms with Gasteiger partial charge in [0.15, 0.2) is 0 Å². The molecule has 0 aliphatic heterocycles. The van der Waals surface area contributed by atoms with E-state index >= 15 is 0 Å². The summed E-state index contributed by atoms with van der Waals surface area (Å²) in [5.74, 6) is 0.757. The highest BCUT2D eigenvalue weighted by atomic mass is 16.4. The van der Waals surface area contributed by atoms with E-state index in [9.17, 15) is 4.79 Å². The molecule has 2 rings (SSSR count). The molecule has 0 aliphatic carbocycles. The fourth-order valence-electron chi connectivity index (χ4n) is 2.13. The number of aryl methyl sites for hydroxylation is 1. The number of hydrogen-bond donors (Lipinski definition) is 0. The van der Waals surface area contributed by atoms with Crippen LogP contribution in [0.4, 0.5) is 0 Å². The Morgan fingerprint density at radius 3 is 2.22 bits per heavy atom. The van der Waals surface area contributed by atoms with Crippen molar-refractivity contribution in [1.82, 2.24) is 0 Å². The second kappa shape index (κ2) is 4.45. The van der Waals surface area contributed by atoms with Crippen LogP contribution in [0.2, 0.25) is 0 Å². The van der Waals surface area contributed by atoms with Crippen molar-refractivity contribution in [3.63, 3.8) is 0 Å². The number of hydrogen-bond acceptors (Lipinski definition) is 2. The van der Waals surface area contributed by atoms with Crippen molar-refractivity contribution in [2.75, 3.05) is 0 Å². The quantitative estimate of drug-likeness (QED) is 0.758. The molecule has 1 aromatic heterocycles. The van der Waals surface area contributed by atoms with Crippen molar-refractivity contribution >= 4 is 0 Å². The van der Waals surface area contributed by atoms with Crippen LogP contribution in [0.1, 0.15) is 32.1 Å². The van der Waals surface area contributed by atoms with Gasteiger partial charge in [0.1, 0.15) is 5.76 Å². The van der Waals surface area contributed by atoms with E-state index in [4.69, 9.17) is 4.42 Å². The van der Waals surface area contributed by atoms with Gasteiger partial charge in [-0.1, -0.05) is 51.1 Å². The molecule has 0 radical (unpaired) electrons. The summed E-state index contributed by atoms with van der Waals surface area (Å²) in [6, 6.07) is 11.5. The summed E-state index contributed by atoms with van der Waals surface area (Å²) >= 11 is 0. The molecule has 0 amide bonds. The predicted octanol–water partition coefficient (Wildman–Crippen LogP) is 3.91. The van der Waals surface area contributed by atoms with Crippen LogP contribution < -0.4 is 5.63 Å². The van der Waals surface area contributed by atoms with Crippen LogP contribution in [0, 0.1) is 6.92 Å². The zero-order chi connectivity index (χ0) is 13.3. The predicted molar refractivity (Wildman–Crippen MR) is 73.9 cm³/mol. The van der Waals surface area contributed by atoms with Gasteiger partial charge in [0.25, 0.3) is 0 Å². The Bertz CT molecular complexity index is 601. The van der Waals surface area contributed by atoms with Crippen LogP contribution in [0.15, 0.2) is 45.6 Å². The fourth-order valence-corrected chi connectivity index (χ4v) is 2.13. The minimum atomic E-state index is -0.267. The summed E-state index contributed by atoms with van der Waals surface area (Å²) in [4.78, 5) is 12.1. The Labute approximate surface area is 107 Å². The molecule has 94 valence electrons. The molecule has 0 saturated carbocycles. The van der Waals surface area contributed by atoms with E-state index in [1.807, 2.05) is 64.1 Å². The molecule has 0 unspecified atom stereocenters. The largest absolute Gasteiger partial charge is 0.427 e. The Balaban J connectivity index is 2.61. The first-order chi connectivity index (χ1) is 8.39. The van der Waals surface area contributed by atoms with E-state index < -0.39 is 0 Å². The van der Waals surface area contributed by atoms with Crippen LogP contribution in [-0.4, -0.2) is 0 Å². The highest BCUT2D eigenvalue weighted by Gasteiger charge is 2.21. The summed E-state index contributed by atoms with van der Waals surface area (Å²) < 4.78 is 5.50. The molecular weight excluding hydrogens is 224 g/mol. The molecule has 1 aromatic carbocycles. The average Bonchev–Trinajstić information content (AvgIpc) is 2.31. The van der Waals surface area contributed by atoms with Crippen molar-refractivity contribution in [2.45, 2.75) is 33.1 Å². The average molecular weight is 242 g/mol. The SMILES string of the molecule is Cc1cc(-c2ccccc2)c(=O)oc1C(C)(C)C. The van der Waals surface area contributed by atoms with Gasteiger partial charge >= 0.3 is 5.63 Å². The molecular formula is C16H18O2. The van der Waals surface area contributed by atoms with Gasteiger partial charge in [0.05, 0.1) is 5.56 Å². The third-order valence-corrected chi connectivity index (χ3v) is 2.90. The van der Waals surface area contributed by atoms with Crippen molar-refractivity contribution < 1.29 is 4.42 Å². The summed E-state index contributed by atoms with van der Waals surface area (Å²) in [5, 5.41) is 0. The first-order valence-electron chi connectivity index (χ1n) is 6.10. The minimum absolute atomic E-state index is 0.154. The Morgan fingerprint density at radius 1 is 1.06 bits per heavy atom. The molecule has 0 saturated heterocycles. The molecule has 0 spiro atoms. The summed E-state index contributed by atoms with van der Waals surface area (Å²) in [5.41, 5.74) is 2.12. The second-order valence-electron chi connectivity index (χ2n) is 5.58. The molecule has 2 nitrogen and oxygen atoms in total. The van der Waals surface area contributed by atoms with Crippen LogP contribution in [0.25, 0.3) is 11.1 Å². The van der Waals surface area contributed by atoms with Crippen LogP contribution in [0.3, 0.4) is 0 Å². The van der Waals surface area contributed by atoms with E-state index in [0.29, 0.717) is 5.56 Å². The molecule has 2 aromatic rings. The highest BCUT2D eigenvalue weighted by Crippen LogP contribution is 2.26. The normalized spacial score (nSPS) is 11.6. The molecule has 0 bridgehead atoms. The maximum atomic E-state index is 12.1. The molecule has 0 aliphatic rings. The van der Waals surface area contributed by atoms with Crippen LogP contribution >= 0.6 is 0 Å². The van der Waals surface area contributed by atoms with E-state index in [1.54, 1.807) is 0 Å². The molecule has 0 atom stereocenters. The van der Waals surface area contributed by atoms with Gasteiger partial charge in [-0.25, -0.2) is 4.79 Å². The summed E-state index contributed by atoms with van der Waals surface area (Å²) in [6.07, 6.45) is 0. The van der Waals surface area contributed by atoms with Gasteiger partial charge in [0, 0.05) is 5.41 Å². The Kier molecular flexibility index (Phi) is 3.12. The third-order valence-electron chi connectivity index (χ3n) is 2.90. The third kappa shape index (κ3) is 2.37. The first kappa shape index (κ1) is 12.6. The summed E-state index contributed by atoms with van der Waals surface area (Å²) in [7, 11) is 0. The smallest absolute Gasteiger partial charge is 0.343 e. The van der Waals surface area contributed by atoms with E-state index in [-0.39, 0.29) is 11.0 Å². The highest BCUT2D eigenvalue weighted by molar-refractivity contribution is 5.62. The van der Waals surface area contributed by atoms with Gasteiger partial charge in [-0.3, -0.25) is 0 Å². The monoisotopic (exact) mass is 242 g/mol. The molecule has 18 heavy (non-hydrogen) atoms. The van der Waals surface area contributed by atoms with Gasteiger partial charge in [-0.15, -0.1) is 0 Å². The van der Waals surface area contributed by atoms with Crippen LogP contribution in [-0.2, 0) is 5.41 Å². The maximum absolute atomic E-state index is 12.1. The summed E-state index contributed by atoms with van der Waals surface area (Å²) in [6.45, 7) is 8.11. The van der Waals surface area contributed by atoms with E-state index in [1.165, 1.54) is 0 Å². The lowest BCUT2D eigenvalue weighted by molar-refractivity contribution is 0.374. The topological polar surface area (TPSA) is 30.2 Å². The zero-order valence-electron chi connectivity index (χ0n) is 11.3. The minimum Gasteiger partial charge on any atom is -0.427 e. The molecule has 0 fully saturated rings. The number of rotatable bonds is 1. The second-order valence-corrected chi connectivity index (χ2v) is 5.58. The molecule has 0 N–H and O–H groups in total. The Hall–Kier alpha value is -1.83. The van der Waals surface area contributed by atoms with E-state index in [2.05, 4.69) is 0 Å². The molecule has 1 heterocycles. The molecule has 2 heteroatoms.